The van der Waals surface area contributed by atoms with Crippen LogP contribution in [-0.2, 0) is 0 Å². The lowest BCUT2D eigenvalue weighted by Crippen LogP contribution is -2.35. The van der Waals surface area contributed by atoms with Gasteiger partial charge >= 0.3 is 0 Å². The molecule has 0 spiro atoms. The molecule has 5 nitrogen and oxygen atoms in total. The highest BCUT2D eigenvalue weighted by atomic mass is 16.2. The maximum Gasteiger partial charge on any atom is 0.253 e. The Morgan fingerprint density at radius 3 is 2.41 bits per heavy atom. The molecular weight excluding hydrogens is 360 g/mol. The van der Waals surface area contributed by atoms with Crippen molar-refractivity contribution in [3.05, 3.63) is 59.7 Å². The topological polar surface area (TPSA) is 50.6 Å². The van der Waals surface area contributed by atoms with Crippen LogP contribution >= 0.6 is 0 Å². The van der Waals surface area contributed by atoms with Gasteiger partial charge in [-0.15, -0.1) is 0 Å². The van der Waals surface area contributed by atoms with Gasteiger partial charge in [0, 0.05) is 56.7 Å². The fraction of sp³-hybridized carbons (Fsp3) is 0.417. The predicted molar refractivity (Wildman–Crippen MR) is 119 cm³/mol. The zero-order valence-electron chi connectivity index (χ0n) is 17.5. The van der Waals surface area contributed by atoms with Gasteiger partial charge in [-0.25, -0.2) is 0 Å². The van der Waals surface area contributed by atoms with E-state index in [-0.39, 0.29) is 5.91 Å². The van der Waals surface area contributed by atoms with Gasteiger partial charge in [-0.2, -0.15) is 5.26 Å². The molecule has 1 aliphatic heterocycles. The number of nitrogens with zero attached hydrogens (tertiary/aromatic N) is 4. The highest BCUT2D eigenvalue weighted by Gasteiger charge is 2.20. The molecule has 5 heteroatoms. The van der Waals surface area contributed by atoms with Crippen molar-refractivity contribution in [1.29, 1.82) is 5.26 Å². The lowest BCUT2D eigenvalue weighted by molar-refractivity contribution is 0.0767. The molecule has 0 unspecified atom stereocenters. The van der Waals surface area contributed by atoms with Crippen molar-refractivity contribution in [2.24, 2.45) is 0 Å². The summed E-state index contributed by atoms with van der Waals surface area (Å²) >= 11 is 0. The molecule has 0 bridgehead atoms. The molecule has 29 heavy (non-hydrogen) atoms. The van der Waals surface area contributed by atoms with E-state index < -0.39 is 0 Å². The summed E-state index contributed by atoms with van der Waals surface area (Å²) in [5.41, 5.74) is 3.68. The number of nitriles is 1. The maximum atomic E-state index is 13.0. The van der Waals surface area contributed by atoms with Crippen molar-refractivity contribution in [3.8, 4) is 6.07 Å². The summed E-state index contributed by atoms with van der Waals surface area (Å²) in [7, 11) is 2.10. The lowest BCUT2D eigenvalue weighted by Gasteiger charge is -2.24. The number of unbranched alkanes of at least 4 members (excludes halogenated alkanes) is 1. The first kappa shape index (κ1) is 20.7. The summed E-state index contributed by atoms with van der Waals surface area (Å²) in [5, 5.41) is 8.96. The molecule has 152 valence electrons. The SMILES string of the molecule is CCCCN(C)c1ccc(C(=O)N2CCCN(c3ccc(C#N)cc3)CC2)cc1. The number of amides is 1. The molecule has 1 aliphatic rings. The van der Waals surface area contributed by atoms with Crippen LogP contribution in [0.5, 0.6) is 0 Å². The summed E-state index contributed by atoms with van der Waals surface area (Å²) in [5.74, 6) is 0.106. The zero-order chi connectivity index (χ0) is 20.6. The van der Waals surface area contributed by atoms with Gasteiger partial charge in [0.1, 0.15) is 0 Å². The number of rotatable bonds is 6. The number of carbonyl (C=O) groups is 1. The van der Waals surface area contributed by atoms with E-state index in [4.69, 9.17) is 5.26 Å². The van der Waals surface area contributed by atoms with Gasteiger partial charge in [-0.1, -0.05) is 13.3 Å². The monoisotopic (exact) mass is 390 g/mol. The van der Waals surface area contributed by atoms with Crippen LogP contribution in [0, 0.1) is 11.3 Å². The van der Waals surface area contributed by atoms with Crippen molar-refractivity contribution in [2.45, 2.75) is 26.2 Å². The largest absolute Gasteiger partial charge is 0.375 e. The number of anilines is 2. The molecule has 1 fully saturated rings. The first-order valence-electron chi connectivity index (χ1n) is 10.5. The van der Waals surface area contributed by atoms with Crippen molar-refractivity contribution >= 4 is 17.3 Å². The number of hydrogen-bond acceptors (Lipinski definition) is 4. The average molecular weight is 391 g/mol. The summed E-state index contributed by atoms with van der Waals surface area (Å²) in [6.45, 7) is 6.41. The Balaban J connectivity index is 1.60. The zero-order valence-corrected chi connectivity index (χ0v) is 17.5. The second-order valence-electron chi connectivity index (χ2n) is 7.61. The summed E-state index contributed by atoms with van der Waals surface area (Å²) < 4.78 is 0. The minimum atomic E-state index is 0.106. The molecule has 3 rings (SSSR count). The van der Waals surface area contributed by atoms with Crippen LogP contribution < -0.4 is 9.80 Å². The maximum absolute atomic E-state index is 13.0. The Hall–Kier alpha value is -3.00. The fourth-order valence-electron chi connectivity index (χ4n) is 3.69. The Bertz CT molecular complexity index is 839. The van der Waals surface area contributed by atoms with Crippen molar-refractivity contribution in [3.63, 3.8) is 0 Å². The van der Waals surface area contributed by atoms with Gasteiger partial charge in [-0.05, 0) is 61.4 Å². The third-order valence-electron chi connectivity index (χ3n) is 5.55. The molecule has 0 N–H and O–H groups in total. The van der Waals surface area contributed by atoms with Crippen LogP contribution in [0.2, 0.25) is 0 Å². The normalized spacial score (nSPS) is 14.2. The quantitative estimate of drug-likeness (QED) is 0.744. The van der Waals surface area contributed by atoms with Gasteiger partial charge in [0.2, 0.25) is 0 Å². The third-order valence-corrected chi connectivity index (χ3v) is 5.55. The Morgan fingerprint density at radius 1 is 1.03 bits per heavy atom. The number of carbonyl (C=O) groups excluding carboxylic acids is 1. The lowest BCUT2D eigenvalue weighted by atomic mass is 10.1. The second kappa shape index (κ2) is 9.97. The smallest absolute Gasteiger partial charge is 0.253 e. The average Bonchev–Trinajstić information content (AvgIpc) is 3.03. The molecule has 0 atom stereocenters. The van der Waals surface area contributed by atoms with E-state index in [9.17, 15) is 4.79 Å². The summed E-state index contributed by atoms with van der Waals surface area (Å²) in [4.78, 5) is 19.5. The number of benzene rings is 2. The van der Waals surface area contributed by atoms with Crippen LogP contribution in [0.3, 0.4) is 0 Å². The van der Waals surface area contributed by atoms with E-state index in [1.807, 2.05) is 53.4 Å². The molecule has 0 saturated carbocycles. The van der Waals surface area contributed by atoms with Crippen molar-refractivity contribution in [1.82, 2.24) is 4.90 Å². The number of hydrogen-bond donors (Lipinski definition) is 0. The first-order chi connectivity index (χ1) is 14.1. The molecule has 1 saturated heterocycles. The van der Waals surface area contributed by atoms with Crippen molar-refractivity contribution < 1.29 is 4.79 Å². The Morgan fingerprint density at radius 2 is 1.76 bits per heavy atom. The van der Waals surface area contributed by atoms with E-state index in [1.54, 1.807) is 0 Å². The van der Waals surface area contributed by atoms with Gasteiger partial charge in [-0.3, -0.25) is 4.79 Å². The minimum Gasteiger partial charge on any atom is -0.375 e. The van der Waals surface area contributed by atoms with Gasteiger partial charge in [0.05, 0.1) is 11.6 Å². The first-order valence-corrected chi connectivity index (χ1v) is 10.5. The molecule has 0 radical (unpaired) electrons. The third kappa shape index (κ3) is 5.29. The highest BCUT2D eigenvalue weighted by molar-refractivity contribution is 5.94. The predicted octanol–water partition coefficient (Wildman–Crippen LogP) is 4.15. The van der Waals surface area contributed by atoms with Crippen LogP contribution in [0.4, 0.5) is 11.4 Å². The standard InChI is InChI=1S/C24H30N4O/c1-3-4-14-26(2)22-12-8-21(9-13-22)24(29)28-16-5-15-27(17-18-28)23-10-6-20(19-25)7-11-23/h6-13H,3-5,14-18H2,1-2H3. The molecule has 2 aromatic rings. The van der Waals surface area contributed by atoms with Crippen LogP contribution in [-0.4, -0.2) is 50.6 Å². The van der Waals surface area contributed by atoms with Crippen LogP contribution in [0.25, 0.3) is 0 Å². The van der Waals surface area contributed by atoms with Gasteiger partial charge in [0.15, 0.2) is 0 Å². The molecule has 1 heterocycles. The molecule has 1 amide bonds. The highest BCUT2D eigenvalue weighted by Crippen LogP contribution is 2.19. The Labute approximate surface area is 174 Å². The fourth-order valence-corrected chi connectivity index (χ4v) is 3.69. The molecule has 0 aromatic heterocycles. The van der Waals surface area contributed by atoms with E-state index in [1.165, 1.54) is 12.8 Å². The second-order valence-corrected chi connectivity index (χ2v) is 7.61. The van der Waals surface area contributed by atoms with E-state index >= 15 is 0 Å². The van der Waals surface area contributed by atoms with E-state index in [2.05, 4.69) is 29.8 Å². The van der Waals surface area contributed by atoms with Gasteiger partial charge < -0.3 is 14.7 Å². The summed E-state index contributed by atoms with van der Waals surface area (Å²) in [6, 6.07) is 17.8. The molecule has 2 aromatic carbocycles. The van der Waals surface area contributed by atoms with Crippen molar-refractivity contribution in [2.75, 3.05) is 49.6 Å². The van der Waals surface area contributed by atoms with Gasteiger partial charge in [0.25, 0.3) is 5.91 Å². The van der Waals surface area contributed by atoms with E-state index in [0.29, 0.717) is 12.1 Å². The molecule has 0 aliphatic carbocycles. The molecular formula is C24H30N4O. The Kier molecular flexibility index (Phi) is 7.13. The van der Waals surface area contributed by atoms with Crippen LogP contribution in [0.15, 0.2) is 48.5 Å². The van der Waals surface area contributed by atoms with E-state index in [0.717, 1.165) is 49.5 Å². The summed E-state index contributed by atoms with van der Waals surface area (Å²) in [6.07, 6.45) is 3.28. The minimum absolute atomic E-state index is 0.106. The van der Waals surface area contributed by atoms with Crippen LogP contribution in [0.1, 0.15) is 42.1 Å².